The van der Waals surface area contributed by atoms with Gasteiger partial charge in [-0.25, -0.2) is 0 Å². The lowest BCUT2D eigenvalue weighted by Gasteiger charge is -2.19. The van der Waals surface area contributed by atoms with Crippen molar-refractivity contribution in [2.24, 2.45) is 0 Å². The fraction of sp³-hybridized carbons (Fsp3) is 0.100. The molecule has 0 fully saturated rings. The molecule has 0 saturated heterocycles. The van der Waals surface area contributed by atoms with E-state index in [0.717, 1.165) is 78.9 Å². The third-order valence-electron chi connectivity index (χ3n) is 3.66. The molecule has 0 spiro atoms. The van der Waals surface area contributed by atoms with Crippen LogP contribution in [0.25, 0.3) is 0 Å². The van der Waals surface area contributed by atoms with E-state index >= 15 is 0 Å². The Morgan fingerprint density at radius 2 is 0.727 bits per heavy atom. The fourth-order valence-electron chi connectivity index (χ4n) is 2.00. The lowest BCUT2D eigenvalue weighted by Crippen LogP contribution is -1.96. The van der Waals surface area contributed by atoms with E-state index in [1.54, 1.807) is 13.8 Å². The summed E-state index contributed by atoms with van der Waals surface area (Å²) < 4.78 is 6.08. The van der Waals surface area contributed by atoms with Crippen LogP contribution in [0.15, 0.2) is 79.7 Å². The summed E-state index contributed by atoms with van der Waals surface area (Å²) in [5, 5.41) is -0.238. The van der Waals surface area contributed by atoms with E-state index in [-0.39, 0.29) is 10.2 Å². The van der Waals surface area contributed by atoms with Gasteiger partial charge in [0.25, 0.3) is 0 Å². The van der Waals surface area contributed by atoms with Crippen LogP contribution in [0.4, 0.5) is 0 Å². The highest BCUT2D eigenvalue weighted by Gasteiger charge is 2.26. The number of benzene rings is 2. The highest BCUT2D eigenvalue weighted by atomic mass is 79.9. The molecule has 0 atom stereocenters. The third-order valence-corrected chi connectivity index (χ3v) is 17.7. The molecule has 0 aliphatic carbocycles. The van der Waals surface area contributed by atoms with Crippen molar-refractivity contribution in [1.82, 2.24) is 0 Å². The summed E-state index contributed by atoms with van der Waals surface area (Å²) in [6.45, 7) is 10.8. The Kier molecular flexibility index (Phi) is 12.6. The van der Waals surface area contributed by atoms with Gasteiger partial charge in [0.05, 0.1) is 0 Å². The number of rotatable bonds is 6. The van der Waals surface area contributed by atoms with Crippen LogP contribution in [0, 0.1) is 0 Å². The number of thioether (sulfide) groups is 2. The second kappa shape index (κ2) is 13.3. The van der Waals surface area contributed by atoms with Crippen LogP contribution >= 0.6 is 163 Å². The zero-order valence-electron chi connectivity index (χ0n) is 16.5. The van der Waals surface area contributed by atoms with Crippen molar-refractivity contribution in [1.29, 1.82) is 0 Å². The van der Waals surface area contributed by atoms with Crippen LogP contribution < -0.4 is 0 Å². The van der Waals surface area contributed by atoms with Crippen molar-refractivity contribution in [2.75, 3.05) is 0 Å². The molecule has 0 bridgehead atoms. The summed E-state index contributed by atoms with van der Waals surface area (Å²) in [5.74, 6) is 0. The van der Waals surface area contributed by atoms with E-state index < -0.39 is 0 Å². The van der Waals surface area contributed by atoms with E-state index in [1.807, 2.05) is 0 Å². The molecule has 0 saturated carbocycles. The van der Waals surface area contributed by atoms with Crippen molar-refractivity contribution in [3.8, 4) is 0 Å². The SMILES string of the molecule is C=C(C)C(=O)Sc1c(Br)c(Br)c(Sc2c(Br)c(Br)c(SC(=O)C(=C)C)c(Br)c2Br)c(Br)c1Br. The molecule has 2 rings (SSSR count). The number of carbonyl (C=O) groups is 2. The molecule has 0 amide bonds. The summed E-state index contributed by atoms with van der Waals surface area (Å²) in [4.78, 5) is 27.7. The summed E-state index contributed by atoms with van der Waals surface area (Å²) in [7, 11) is 0. The van der Waals surface area contributed by atoms with Crippen molar-refractivity contribution in [3.63, 3.8) is 0 Å². The Morgan fingerprint density at radius 3 is 0.939 bits per heavy atom. The number of halogens is 8. The fourth-order valence-corrected chi connectivity index (χ4v) is 11.7. The van der Waals surface area contributed by atoms with Crippen LogP contribution in [-0.2, 0) is 9.59 Å². The van der Waals surface area contributed by atoms with E-state index in [4.69, 9.17) is 0 Å². The molecule has 2 nitrogen and oxygen atoms in total. The minimum atomic E-state index is -0.119. The van der Waals surface area contributed by atoms with Crippen LogP contribution in [0.2, 0.25) is 0 Å². The molecular weight excluding hydrogens is 1010 g/mol. The van der Waals surface area contributed by atoms with Gasteiger partial charge in [-0.2, -0.15) is 0 Å². The maximum atomic E-state index is 12.3. The Balaban J connectivity index is 2.62. The first-order valence-corrected chi connectivity index (χ1v) is 17.1. The van der Waals surface area contributed by atoms with E-state index in [1.165, 1.54) is 11.8 Å². The maximum absolute atomic E-state index is 12.3. The maximum Gasteiger partial charge on any atom is 0.219 e. The second-order valence-corrected chi connectivity index (χ2v) is 15.6. The average Bonchev–Trinajstić information content (AvgIpc) is 2.75. The highest BCUT2D eigenvalue weighted by molar-refractivity contribution is 9.14. The molecule has 0 aliphatic rings. The first-order chi connectivity index (χ1) is 15.2. The summed E-state index contributed by atoms with van der Waals surface area (Å²) in [6, 6.07) is 0. The minimum absolute atomic E-state index is 0.119. The predicted octanol–water partition coefficient (Wildman–Crippen LogP) is 12.3. The Bertz CT molecular complexity index is 1080. The minimum Gasteiger partial charge on any atom is -0.282 e. The zero-order chi connectivity index (χ0) is 25.4. The monoisotopic (exact) mass is 1010 g/mol. The number of hydrogen-bond acceptors (Lipinski definition) is 5. The van der Waals surface area contributed by atoms with Crippen LogP contribution in [0.1, 0.15) is 13.8 Å². The van der Waals surface area contributed by atoms with Gasteiger partial charge in [-0.1, -0.05) is 24.9 Å². The highest BCUT2D eigenvalue weighted by Crippen LogP contribution is 2.56. The van der Waals surface area contributed by atoms with Gasteiger partial charge in [0, 0.05) is 55.4 Å². The van der Waals surface area contributed by atoms with Crippen LogP contribution in [-0.4, -0.2) is 10.2 Å². The average molecular weight is 1020 g/mol. The molecule has 0 aromatic heterocycles. The molecule has 0 N–H and O–H groups in total. The predicted molar refractivity (Wildman–Crippen MR) is 170 cm³/mol. The van der Waals surface area contributed by atoms with Gasteiger partial charge in [0.15, 0.2) is 0 Å². The van der Waals surface area contributed by atoms with E-state index in [0.29, 0.717) is 11.1 Å². The molecule has 2 aromatic rings. The lowest BCUT2D eigenvalue weighted by molar-refractivity contribution is -0.108. The molecule has 176 valence electrons. The summed E-state index contributed by atoms with van der Waals surface area (Å²) in [5.41, 5.74) is 0.935. The van der Waals surface area contributed by atoms with Crippen molar-refractivity contribution in [3.05, 3.63) is 60.1 Å². The Hall–Kier alpha value is 2.15. The third kappa shape index (κ3) is 7.17. The molecule has 0 aliphatic heterocycles. The van der Waals surface area contributed by atoms with Gasteiger partial charge in [0.1, 0.15) is 0 Å². The first kappa shape index (κ1) is 31.4. The van der Waals surface area contributed by atoms with Crippen molar-refractivity contribution in [2.45, 2.75) is 33.4 Å². The topological polar surface area (TPSA) is 34.1 Å². The molecule has 13 heteroatoms. The standard InChI is InChI=1S/C20H10Br8O2S3/c1-5(2)19(29)32-17-11(25)7(21)15(8(22)12(17)26)31-16-9(23)13(27)18(14(28)10(16)24)33-20(30)6(3)4/h1,3H2,2,4H3. The largest absolute Gasteiger partial charge is 0.282 e. The van der Waals surface area contributed by atoms with Gasteiger partial charge in [-0.05, 0) is 176 Å². The van der Waals surface area contributed by atoms with Gasteiger partial charge in [0.2, 0.25) is 10.2 Å². The summed E-state index contributed by atoms with van der Waals surface area (Å²) in [6.07, 6.45) is 0. The van der Waals surface area contributed by atoms with E-state index in [2.05, 4.69) is 141 Å². The molecule has 2 aromatic carbocycles. The summed E-state index contributed by atoms with van der Waals surface area (Å²) >= 11 is 32.8. The quantitative estimate of drug-likeness (QED) is 0.164. The van der Waals surface area contributed by atoms with Crippen molar-refractivity contribution >= 4 is 173 Å². The number of carbonyl (C=O) groups excluding carboxylic acids is 2. The van der Waals surface area contributed by atoms with E-state index in [9.17, 15) is 9.59 Å². The molecule has 0 heterocycles. The lowest BCUT2D eigenvalue weighted by atomic mass is 10.3. The Labute approximate surface area is 272 Å². The van der Waals surface area contributed by atoms with Gasteiger partial charge in [-0.15, -0.1) is 0 Å². The van der Waals surface area contributed by atoms with Crippen LogP contribution in [0.5, 0.6) is 0 Å². The molecule has 33 heavy (non-hydrogen) atoms. The number of hydrogen-bond donors (Lipinski definition) is 0. The zero-order valence-corrected chi connectivity index (χ0v) is 31.6. The van der Waals surface area contributed by atoms with Crippen molar-refractivity contribution < 1.29 is 9.59 Å². The van der Waals surface area contributed by atoms with Gasteiger partial charge in [-0.3, -0.25) is 9.59 Å². The van der Waals surface area contributed by atoms with Crippen LogP contribution in [0.3, 0.4) is 0 Å². The molecule has 0 radical (unpaired) electrons. The van der Waals surface area contributed by atoms with Gasteiger partial charge >= 0.3 is 0 Å². The Morgan fingerprint density at radius 1 is 0.515 bits per heavy atom. The molecule has 0 unspecified atom stereocenters. The second-order valence-electron chi connectivity index (χ2n) is 6.27. The first-order valence-electron chi connectivity index (χ1n) is 8.35. The smallest absolute Gasteiger partial charge is 0.219 e. The normalized spacial score (nSPS) is 11.0. The van der Waals surface area contributed by atoms with Gasteiger partial charge < -0.3 is 0 Å². The molecular formula is C20H10Br8O2S3.